The molecule has 0 aliphatic carbocycles. The zero-order valence-electron chi connectivity index (χ0n) is 11.0. The lowest BCUT2D eigenvalue weighted by atomic mass is 9.85. The number of piperidine rings is 2. The molecule has 0 saturated carbocycles. The van der Waals surface area contributed by atoms with Crippen LogP contribution in [0.5, 0.6) is 0 Å². The number of nitrogens with one attached hydrogen (secondary N) is 1. The molecule has 0 bridgehead atoms. The van der Waals surface area contributed by atoms with Gasteiger partial charge in [-0.05, 0) is 24.8 Å². The predicted molar refractivity (Wildman–Crippen MR) is 73.8 cm³/mol. The van der Waals surface area contributed by atoms with Gasteiger partial charge in [0.15, 0.2) is 0 Å². The molecule has 2 aliphatic rings. The Bertz CT molecular complexity index is 475. The SMILES string of the molecule is O=C1CCC2CN(c3ccccc3CO)CCC2N1. The third-order valence-corrected chi connectivity index (χ3v) is 4.33. The highest BCUT2D eigenvalue weighted by atomic mass is 16.3. The molecule has 102 valence electrons. The topological polar surface area (TPSA) is 52.6 Å². The number of benzene rings is 1. The van der Waals surface area contributed by atoms with Gasteiger partial charge in [-0.15, -0.1) is 0 Å². The normalized spacial score (nSPS) is 26.8. The lowest BCUT2D eigenvalue weighted by Gasteiger charge is -2.42. The lowest BCUT2D eigenvalue weighted by Crippen LogP contribution is -2.54. The fourth-order valence-electron chi connectivity index (χ4n) is 3.28. The number of carbonyl (C=O) groups excluding carboxylic acids is 1. The van der Waals surface area contributed by atoms with Gasteiger partial charge in [0.1, 0.15) is 0 Å². The second-order valence-electron chi connectivity index (χ2n) is 5.49. The predicted octanol–water partition coefficient (Wildman–Crippen LogP) is 1.28. The van der Waals surface area contributed by atoms with Crippen LogP contribution in [0.15, 0.2) is 24.3 Å². The van der Waals surface area contributed by atoms with E-state index in [1.807, 2.05) is 18.2 Å². The van der Waals surface area contributed by atoms with Gasteiger partial charge in [0.2, 0.25) is 5.91 Å². The van der Waals surface area contributed by atoms with Gasteiger partial charge >= 0.3 is 0 Å². The second-order valence-corrected chi connectivity index (χ2v) is 5.49. The molecule has 1 aromatic carbocycles. The van der Waals surface area contributed by atoms with Crippen LogP contribution in [0.3, 0.4) is 0 Å². The first-order valence-electron chi connectivity index (χ1n) is 7.01. The molecular weight excluding hydrogens is 240 g/mol. The zero-order chi connectivity index (χ0) is 13.2. The Labute approximate surface area is 113 Å². The molecule has 2 heterocycles. The number of carbonyl (C=O) groups is 1. The van der Waals surface area contributed by atoms with Crippen LogP contribution >= 0.6 is 0 Å². The maximum absolute atomic E-state index is 11.4. The molecule has 2 unspecified atom stereocenters. The Hall–Kier alpha value is -1.55. The van der Waals surface area contributed by atoms with Gasteiger partial charge < -0.3 is 15.3 Å². The Morgan fingerprint density at radius 3 is 3.00 bits per heavy atom. The molecule has 1 amide bonds. The van der Waals surface area contributed by atoms with Crippen LogP contribution in [0, 0.1) is 5.92 Å². The summed E-state index contributed by atoms with van der Waals surface area (Å²) in [5, 5.41) is 12.5. The lowest BCUT2D eigenvalue weighted by molar-refractivity contribution is -0.124. The van der Waals surface area contributed by atoms with E-state index in [1.165, 1.54) is 0 Å². The van der Waals surface area contributed by atoms with E-state index < -0.39 is 0 Å². The summed E-state index contributed by atoms with van der Waals surface area (Å²) >= 11 is 0. The number of aliphatic hydroxyl groups is 1. The number of hydrogen-bond acceptors (Lipinski definition) is 3. The van der Waals surface area contributed by atoms with E-state index in [0.29, 0.717) is 18.4 Å². The van der Waals surface area contributed by atoms with Crippen LogP contribution in [0.2, 0.25) is 0 Å². The molecule has 0 spiro atoms. The maximum atomic E-state index is 11.4. The van der Waals surface area contributed by atoms with Crippen molar-refractivity contribution in [1.82, 2.24) is 5.32 Å². The maximum Gasteiger partial charge on any atom is 0.220 e. The summed E-state index contributed by atoms with van der Waals surface area (Å²) in [5.41, 5.74) is 2.13. The molecule has 2 atom stereocenters. The number of aliphatic hydroxyl groups excluding tert-OH is 1. The van der Waals surface area contributed by atoms with E-state index in [9.17, 15) is 9.90 Å². The minimum absolute atomic E-state index is 0.0809. The summed E-state index contributed by atoms with van der Waals surface area (Å²) in [6.45, 7) is 2.00. The first kappa shape index (κ1) is 12.5. The largest absolute Gasteiger partial charge is 0.392 e. The molecular formula is C15H20N2O2. The van der Waals surface area contributed by atoms with Crippen molar-refractivity contribution in [3.05, 3.63) is 29.8 Å². The van der Waals surface area contributed by atoms with Gasteiger partial charge in [-0.1, -0.05) is 18.2 Å². The van der Waals surface area contributed by atoms with Crippen molar-refractivity contribution < 1.29 is 9.90 Å². The number of anilines is 1. The Morgan fingerprint density at radius 1 is 1.32 bits per heavy atom. The van der Waals surface area contributed by atoms with E-state index in [2.05, 4.69) is 16.3 Å². The minimum Gasteiger partial charge on any atom is -0.392 e. The van der Waals surface area contributed by atoms with Crippen molar-refractivity contribution in [2.24, 2.45) is 5.92 Å². The van der Waals surface area contributed by atoms with Crippen LogP contribution in [0.4, 0.5) is 5.69 Å². The summed E-state index contributed by atoms with van der Waals surface area (Å²) < 4.78 is 0. The highest BCUT2D eigenvalue weighted by Gasteiger charge is 2.34. The average Bonchev–Trinajstić information content (AvgIpc) is 2.46. The molecule has 1 aromatic rings. The molecule has 4 heteroatoms. The summed E-state index contributed by atoms with van der Waals surface area (Å²) in [4.78, 5) is 13.8. The summed E-state index contributed by atoms with van der Waals surface area (Å²) in [6.07, 6.45) is 2.63. The van der Waals surface area contributed by atoms with Crippen LogP contribution in [-0.2, 0) is 11.4 Å². The van der Waals surface area contributed by atoms with Gasteiger partial charge in [-0.2, -0.15) is 0 Å². The van der Waals surface area contributed by atoms with E-state index in [0.717, 1.165) is 37.2 Å². The molecule has 2 saturated heterocycles. The molecule has 2 N–H and O–H groups in total. The smallest absolute Gasteiger partial charge is 0.220 e. The number of rotatable bonds is 2. The van der Waals surface area contributed by atoms with Gasteiger partial charge in [0.25, 0.3) is 0 Å². The van der Waals surface area contributed by atoms with E-state index >= 15 is 0 Å². The fourth-order valence-corrected chi connectivity index (χ4v) is 3.28. The summed E-state index contributed by atoms with van der Waals surface area (Å²) in [5.74, 6) is 0.739. The summed E-state index contributed by atoms with van der Waals surface area (Å²) in [7, 11) is 0. The van der Waals surface area contributed by atoms with Crippen molar-refractivity contribution in [3.63, 3.8) is 0 Å². The van der Waals surface area contributed by atoms with Crippen molar-refractivity contribution in [1.29, 1.82) is 0 Å². The number of fused-ring (bicyclic) bond motifs is 1. The van der Waals surface area contributed by atoms with Crippen molar-refractivity contribution in [2.75, 3.05) is 18.0 Å². The first-order chi connectivity index (χ1) is 9.28. The van der Waals surface area contributed by atoms with Crippen molar-refractivity contribution >= 4 is 11.6 Å². The quantitative estimate of drug-likeness (QED) is 0.842. The fraction of sp³-hybridized carbons (Fsp3) is 0.533. The molecule has 2 fully saturated rings. The van der Waals surface area contributed by atoms with Gasteiger partial charge in [0.05, 0.1) is 6.61 Å². The van der Waals surface area contributed by atoms with E-state index in [4.69, 9.17) is 0 Å². The van der Waals surface area contributed by atoms with Gasteiger partial charge in [0, 0.05) is 36.8 Å². The van der Waals surface area contributed by atoms with E-state index in [1.54, 1.807) is 0 Å². The Balaban J connectivity index is 1.76. The third kappa shape index (κ3) is 2.45. The van der Waals surface area contributed by atoms with Gasteiger partial charge in [-0.25, -0.2) is 0 Å². The zero-order valence-corrected chi connectivity index (χ0v) is 11.0. The molecule has 3 rings (SSSR count). The number of para-hydroxylation sites is 1. The van der Waals surface area contributed by atoms with Crippen LogP contribution < -0.4 is 10.2 Å². The Kier molecular flexibility index (Phi) is 3.42. The number of hydrogen-bond donors (Lipinski definition) is 2. The third-order valence-electron chi connectivity index (χ3n) is 4.33. The van der Waals surface area contributed by atoms with Crippen LogP contribution in [-0.4, -0.2) is 30.1 Å². The monoisotopic (exact) mass is 260 g/mol. The number of nitrogens with zero attached hydrogens (tertiary/aromatic N) is 1. The summed E-state index contributed by atoms with van der Waals surface area (Å²) in [6, 6.07) is 8.38. The highest BCUT2D eigenvalue weighted by molar-refractivity contribution is 5.77. The van der Waals surface area contributed by atoms with Crippen molar-refractivity contribution in [2.45, 2.75) is 31.9 Å². The standard InChI is InChI=1S/C15H20N2O2/c18-10-12-3-1-2-4-14(12)17-8-7-13-11(9-17)5-6-15(19)16-13/h1-4,11,13,18H,5-10H2,(H,16,19). The molecule has 0 aromatic heterocycles. The van der Waals surface area contributed by atoms with Crippen molar-refractivity contribution in [3.8, 4) is 0 Å². The second kappa shape index (κ2) is 5.21. The van der Waals surface area contributed by atoms with Crippen LogP contribution in [0.1, 0.15) is 24.8 Å². The average molecular weight is 260 g/mol. The van der Waals surface area contributed by atoms with E-state index in [-0.39, 0.29) is 12.5 Å². The molecule has 19 heavy (non-hydrogen) atoms. The van der Waals surface area contributed by atoms with Gasteiger partial charge in [-0.3, -0.25) is 4.79 Å². The minimum atomic E-state index is 0.0809. The molecule has 0 radical (unpaired) electrons. The first-order valence-corrected chi connectivity index (χ1v) is 7.01. The number of amides is 1. The molecule has 4 nitrogen and oxygen atoms in total. The highest BCUT2D eigenvalue weighted by Crippen LogP contribution is 2.30. The molecule has 2 aliphatic heterocycles. The van der Waals surface area contributed by atoms with Crippen LogP contribution in [0.25, 0.3) is 0 Å². The Morgan fingerprint density at radius 2 is 2.16 bits per heavy atom.